The minimum atomic E-state index is -0.489. The van der Waals surface area contributed by atoms with Crippen LogP contribution in [0.1, 0.15) is 162 Å². The maximum Gasteiger partial charge on any atom is 0.508 e. The van der Waals surface area contributed by atoms with Crippen molar-refractivity contribution in [3.05, 3.63) is 12.2 Å². The van der Waals surface area contributed by atoms with E-state index in [1.54, 1.807) is 0 Å². The molecule has 0 N–H and O–H groups in total. The number of carbonyl (C=O) groups is 1. The van der Waals surface area contributed by atoms with Crippen LogP contribution in [0.5, 0.6) is 0 Å². The molecule has 0 aliphatic carbocycles. The van der Waals surface area contributed by atoms with Gasteiger partial charge < -0.3 is 9.47 Å². The number of rotatable bonds is 26. The molecule has 3 heteroatoms. The molecule has 3 nitrogen and oxygen atoms in total. The van der Waals surface area contributed by atoms with Crippen molar-refractivity contribution in [2.75, 3.05) is 13.2 Å². The first kappa shape index (κ1) is 33.0. The molecule has 0 saturated heterocycles. The number of ether oxygens (including phenoxy) is 2. The number of hydrogen-bond donors (Lipinski definition) is 0. The Morgan fingerprint density at radius 2 is 0.941 bits per heavy atom. The fourth-order valence-electron chi connectivity index (χ4n) is 4.24. The maximum atomic E-state index is 11.5. The highest BCUT2D eigenvalue weighted by molar-refractivity contribution is 5.59. The summed E-state index contributed by atoms with van der Waals surface area (Å²) in [6.07, 6.45) is 32.7. The first-order valence-electron chi connectivity index (χ1n) is 15.1. The lowest BCUT2D eigenvalue weighted by atomic mass is 10.1. The Balaban J connectivity index is 3.17. The van der Waals surface area contributed by atoms with Gasteiger partial charge in [-0.1, -0.05) is 136 Å². The smallest absolute Gasteiger partial charge is 0.434 e. The van der Waals surface area contributed by atoms with Crippen molar-refractivity contribution in [2.24, 2.45) is 5.92 Å². The molecule has 34 heavy (non-hydrogen) atoms. The summed E-state index contributed by atoms with van der Waals surface area (Å²) in [4.78, 5) is 11.5. The average molecular weight is 481 g/mol. The van der Waals surface area contributed by atoms with Gasteiger partial charge in [-0.15, -0.1) is 0 Å². The van der Waals surface area contributed by atoms with E-state index in [1.165, 1.54) is 116 Å². The summed E-state index contributed by atoms with van der Waals surface area (Å²) in [6.45, 7) is 7.76. The van der Waals surface area contributed by atoms with E-state index in [9.17, 15) is 4.79 Å². The third kappa shape index (κ3) is 29.0. The molecule has 0 amide bonds. The number of allylic oxidation sites excluding steroid dienone is 2. The maximum absolute atomic E-state index is 11.5. The average Bonchev–Trinajstić information content (AvgIpc) is 2.82. The van der Waals surface area contributed by atoms with Gasteiger partial charge in [-0.3, -0.25) is 0 Å². The Hall–Kier alpha value is -0.990. The SMILES string of the molecule is CCCCCCCCC=CCCCCCCCCCCCCOC(=O)OCCCCCC(C)C. The van der Waals surface area contributed by atoms with Crippen molar-refractivity contribution in [1.82, 2.24) is 0 Å². The summed E-state index contributed by atoms with van der Waals surface area (Å²) in [6, 6.07) is 0. The van der Waals surface area contributed by atoms with Crippen molar-refractivity contribution in [2.45, 2.75) is 162 Å². The van der Waals surface area contributed by atoms with Crippen molar-refractivity contribution in [3.63, 3.8) is 0 Å². The molecule has 0 aromatic carbocycles. The molecule has 0 atom stereocenters. The van der Waals surface area contributed by atoms with E-state index < -0.39 is 6.16 Å². The molecule has 0 heterocycles. The molecule has 0 aliphatic heterocycles. The summed E-state index contributed by atoms with van der Waals surface area (Å²) in [5.74, 6) is 0.757. The zero-order valence-electron chi connectivity index (χ0n) is 23.4. The van der Waals surface area contributed by atoms with Crippen LogP contribution in [0.3, 0.4) is 0 Å². The molecule has 0 aromatic rings. The molecule has 202 valence electrons. The first-order chi connectivity index (χ1) is 16.7. The Kier molecular flexibility index (Phi) is 27.4. The monoisotopic (exact) mass is 480 g/mol. The van der Waals surface area contributed by atoms with Crippen LogP contribution in [0.4, 0.5) is 4.79 Å². The van der Waals surface area contributed by atoms with Gasteiger partial charge in [0.2, 0.25) is 0 Å². The van der Waals surface area contributed by atoms with E-state index in [-0.39, 0.29) is 0 Å². The highest BCUT2D eigenvalue weighted by Gasteiger charge is 2.03. The fraction of sp³-hybridized carbons (Fsp3) is 0.903. The highest BCUT2D eigenvalue weighted by atomic mass is 16.7. The zero-order valence-corrected chi connectivity index (χ0v) is 23.4. The molecule has 0 radical (unpaired) electrons. The second-order valence-electron chi connectivity index (χ2n) is 10.5. The molecular weight excluding hydrogens is 420 g/mol. The van der Waals surface area contributed by atoms with Crippen LogP contribution in [0.25, 0.3) is 0 Å². The topological polar surface area (TPSA) is 35.5 Å². The summed E-state index contributed by atoms with van der Waals surface area (Å²) < 4.78 is 10.3. The molecule has 0 spiro atoms. The van der Waals surface area contributed by atoms with Gasteiger partial charge in [0.25, 0.3) is 0 Å². The lowest BCUT2D eigenvalue weighted by Gasteiger charge is -2.07. The molecular formula is C31H60O3. The molecule has 0 saturated carbocycles. The van der Waals surface area contributed by atoms with Crippen LogP contribution in [0, 0.1) is 5.92 Å². The molecule has 0 aliphatic rings. The van der Waals surface area contributed by atoms with E-state index in [4.69, 9.17) is 9.47 Å². The van der Waals surface area contributed by atoms with Gasteiger partial charge >= 0.3 is 6.16 Å². The summed E-state index contributed by atoms with van der Waals surface area (Å²) >= 11 is 0. The molecule has 0 unspecified atom stereocenters. The van der Waals surface area contributed by atoms with Gasteiger partial charge in [0, 0.05) is 0 Å². The van der Waals surface area contributed by atoms with Crippen LogP contribution < -0.4 is 0 Å². The van der Waals surface area contributed by atoms with Gasteiger partial charge in [-0.2, -0.15) is 0 Å². The number of hydrogen-bond acceptors (Lipinski definition) is 3. The second-order valence-corrected chi connectivity index (χ2v) is 10.5. The molecule has 0 aromatic heterocycles. The van der Waals surface area contributed by atoms with E-state index in [2.05, 4.69) is 32.9 Å². The third-order valence-corrected chi connectivity index (χ3v) is 6.52. The summed E-state index contributed by atoms with van der Waals surface area (Å²) in [5, 5.41) is 0. The van der Waals surface area contributed by atoms with Crippen LogP contribution in [-0.2, 0) is 9.47 Å². The minimum Gasteiger partial charge on any atom is -0.434 e. The van der Waals surface area contributed by atoms with Gasteiger partial charge in [-0.25, -0.2) is 4.79 Å². The predicted molar refractivity (Wildman–Crippen MR) is 149 cm³/mol. The van der Waals surface area contributed by atoms with Gasteiger partial charge in [0.15, 0.2) is 0 Å². The third-order valence-electron chi connectivity index (χ3n) is 6.52. The van der Waals surface area contributed by atoms with Crippen molar-refractivity contribution < 1.29 is 14.3 Å². The minimum absolute atomic E-state index is 0.489. The van der Waals surface area contributed by atoms with Gasteiger partial charge in [-0.05, 0) is 44.4 Å². The molecule has 0 fully saturated rings. The van der Waals surface area contributed by atoms with Crippen LogP contribution in [-0.4, -0.2) is 19.4 Å². The van der Waals surface area contributed by atoms with Crippen molar-refractivity contribution >= 4 is 6.16 Å². The van der Waals surface area contributed by atoms with Crippen LogP contribution >= 0.6 is 0 Å². The number of carbonyl (C=O) groups excluding carboxylic acids is 1. The Bertz CT molecular complexity index is 430. The lowest BCUT2D eigenvalue weighted by molar-refractivity contribution is 0.0528. The second kappa shape index (κ2) is 28.2. The van der Waals surface area contributed by atoms with E-state index >= 15 is 0 Å². The zero-order chi connectivity index (χ0) is 25.0. The van der Waals surface area contributed by atoms with E-state index in [0.29, 0.717) is 13.2 Å². The molecule has 0 rings (SSSR count). The lowest BCUT2D eigenvalue weighted by Crippen LogP contribution is -2.09. The highest BCUT2D eigenvalue weighted by Crippen LogP contribution is 2.13. The Labute approximate surface area is 213 Å². The fourth-order valence-corrected chi connectivity index (χ4v) is 4.24. The first-order valence-corrected chi connectivity index (χ1v) is 15.1. The Morgan fingerprint density at radius 1 is 0.559 bits per heavy atom. The largest absolute Gasteiger partial charge is 0.508 e. The van der Waals surface area contributed by atoms with Crippen LogP contribution in [0.15, 0.2) is 12.2 Å². The van der Waals surface area contributed by atoms with Crippen molar-refractivity contribution in [1.29, 1.82) is 0 Å². The summed E-state index contributed by atoms with van der Waals surface area (Å²) in [5.41, 5.74) is 0. The molecule has 0 bridgehead atoms. The number of unbranched alkanes of at least 4 members (excludes halogenated alkanes) is 18. The predicted octanol–water partition coefficient (Wildman–Crippen LogP) is 11.0. The van der Waals surface area contributed by atoms with Gasteiger partial charge in [0.05, 0.1) is 13.2 Å². The van der Waals surface area contributed by atoms with Crippen LogP contribution in [0.2, 0.25) is 0 Å². The van der Waals surface area contributed by atoms with E-state index in [0.717, 1.165) is 31.6 Å². The van der Waals surface area contributed by atoms with Gasteiger partial charge in [0.1, 0.15) is 0 Å². The standard InChI is InChI=1S/C31H60O3/c1-4-5-6-7-8-9-10-11-12-13-14-15-16-17-18-19-20-21-22-25-28-33-31(32)34-29-26-23-24-27-30(2)3/h11-12,30H,4-10,13-29H2,1-3H3. The van der Waals surface area contributed by atoms with E-state index in [1.807, 2.05) is 0 Å². The Morgan fingerprint density at radius 3 is 1.38 bits per heavy atom. The summed E-state index contributed by atoms with van der Waals surface area (Å²) in [7, 11) is 0. The quantitative estimate of drug-likeness (QED) is 0.0701. The normalized spacial score (nSPS) is 11.5. The van der Waals surface area contributed by atoms with Crippen molar-refractivity contribution in [3.8, 4) is 0 Å².